The van der Waals surface area contributed by atoms with E-state index in [1.54, 1.807) is 6.08 Å². The van der Waals surface area contributed by atoms with Crippen molar-refractivity contribution in [2.45, 2.75) is 53.4 Å². The van der Waals surface area contributed by atoms with E-state index in [0.717, 1.165) is 83.7 Å². The zero-order chi connectivity index (χ0) is 30.3. The van der Waals surface area contributed by atoms with Gasteiger partial charge in [0.2, 0.25) is 0 Å². The summed E-state index contributed by atoms with van der Waals surface area (Å²) >= 11 is 0. The van der Waals surface area contributed by atoms with Crippen molar-refractivity contribution in [2.24, 2.45) is 0 Å². The van der Waals surface area contributed by atoms with Crippen LogP contribution in [0.15, 0.2) is 43.5 Å². The number of fused-ring (bicyclic) bond motifs is 8. The maximum atomic E-state index is 11.5. The van der Waals surface area contributed by atoms with Gasteiger partial charge in [-0.3, -0.25) is 9.59 Å². The molecule has 0 saturated heterocycles. The minimum Gasteiger partial charge on any atom is -1.00 e. The molecule has 0 fully saturated rings. The normalized spacial score (nSPS) is 11.9. The zero-order valence-electron chi connectivity index (χ0n) is 25.8. The number of allylic oxidation sites excluding steroid dienone is 5. The van der Waals surface area contributed by atoms with E-state index in [9.17, 15) is 19.8 Å². The Bertz CT molecular complexity index is 1940. The van der Waals surface area contributed by atoms with Crippen molar-refractivity contribution >= 4 is 62.4 Å². The molecule has 2 aliphatic rings. The average Bonchev–Trinajstić information content (AvgIpc) is 3.59. The molecule has 0 radical (unpaired) electrons. The third kappa shape index (κ3) is 7.67. The van der Waals surface area contributed by atoms with Gasteiger partial charge in [0.1, 0.15) is 0 Å². The Morgan fingerprint density at radius 1 is 0.696 bits per heavy atom. The molecule has 0 spiro atoms. The first kappa shape index (κ1) is 40.4. The number of aryl methyl sites for hydroxylation is 3. The van der Waals surface area contributed by atoms with Crippen LogP contribution >= 0.6 is 0 Å². The van der Waals surface area contributed by atoms with Crippen LogP contribution in [0.5, 0.6) is 0 Å². The second-order valence-electron chi connectivity index (χ2n) is 10.7. The number of carboxylic acids is 2. The van der Waals surface area contributed by atoms with Gasteiger partial charge in [0.15, 0.2) is 0 Å². The molecule has 3 aromatic heterocycles. The fraction of sp³-hybridized carbons (Fsp3) is 0.235. The number of aromatic nitrogens is 4. The van der Waals surface area contributed by atoms with Crippen LogP contribution < -0.4 is 37.2 Å². The SMILES string of the molecule is C=CC1=C(C)c2cc3[nH]c(cc4nc(cc5[nH]c(cc1n2)c(C)c5CCC(=O)O)C(CCC(=O)O)=C4C)c(C)c3C=C.[Cl-].[Cl-].[Cl-].[Co+3]. The number of hydrogen-bond donors (Lipinski definition) is 4. The average molecular weight is 728 g/mol. The predicted molar refractivity (Wildman–Crippen MR) is 169 cm³/mol. The van der Waals surface area contributed by atoms with Crippen molar-refractivity contribution in [3.63, 3.8) is 0 Å². The smallest absolute Gasteiger partial charge is 1.00 e. The molecule has 2 aliphatic heterocycles. The van der Waals surface area contributed by atoms with E-state index < -0.39 is 11.9 Å². The summed E-state index contributed by atoms with van der Waals surface area (Å²) in [7, 11) is 0. The molecule has 244 valence electrons. The Kier molecular flexibility index (Phi) is 14.3. The second-order valence-corrected chi connectivity index (χ2v) is 10.7. The third-order valence-electron chi connectivity index (χ3n) is 8.22. The van der Waals surface area contributed by atoms with Gasteiger partial charge in [0.05, 0.1) is 22.8 Å². The van der Waals surface area contributed by atoms with Crippen LogP contribution in [0, 0.1) is 13.8 Å². The fourth-order valence-corrected chi connectivity index (χ4v) is 5.77. The monoisotopic (exact) mass is 726 g/mol. The number of carbonyl (C=O) groups is 2. The van der Waals surface area contributed by atoms with Crippen LogP contribution in [-0.2, 0) is 32.8 Å². The summed E-state index contributed by atoms with van der Waals surface area (Å²) in [6.07, 6.45) is 4.22. The molecule has 5 heterocycles. The molecule has 0 atom stereocenters. The van der Waals surface area contributed by atoms with Gasteiger partial charge in [-0.05, 0) is 98.2 Å². The number of halogens is 3. The summed E-state index contributed by atoms with van der Waals surface area (Å²) in [4.78, 5) is 40.0. The van der Waals surface area contributed by atoms with Gasteiger partial charge in [-0.2, -0.15) is 0 Å². The first-order valence-electron chi connectivity index (χ1n) is 13.9. The van der Waals surface area contributed by atoms with Crippen LogP contribution in [0.1, 0.15) is 78.1 Å². The second kappa shape index (κ2) is 16.3. The van der Waals surface area contributed by atoms with Crippen molar-refractivity contribution in [1.29, 1.82) is 0 Å². The van der Waals surface area contributed by atoms with E-state index in [-0.39, 0.29) is 66.8 Å². The molecule has 3 aromatic rings. The molecular weight excluding hydrogens is 694 g/mol. The Balaban J connectivity index is 0.00000264. The van der Waals surface area contributed by atoms with Crippen molar-refractivity contribution in [1.82, 2.24) is 19.9 Å². The zero-order valence-corrected chi connectivity index (χ0v) is 29.1. The molecule has 0 amide bonds. The van der Waals surface area contributed by atoms with Gasteiger partial charge in [-0.15, -0.1) is 0 Å². The first-order valence-corrected chi connectivity index (χ1v) is 13.9. The summed E-state index contributed by atoms with van der Waals surface area (Å²) in [5.74, 6) is -1.76. The summed E-state index contributed by atoms with van der Waals surface area (Å²) in [6, 6.07) is 7.88. The third-order valence-corrected chi connectivity index (χ3v) is 8.22. The molecule has 8 bridgehead atoms. The number of H-pyrrole nitrogens is 2. The largest absolute Gasteiger partial charge is 3.00 e. The Labute approximate surface area is 296 Å². The van der Waals surface area contributed by atoms with Gasteiger partial charge in [-0.25, -0.2) is 9.97 Å². The molecule has 0 unspecified atom stereocenters. The molecule has 4 N–H and O–H groups in total. The maximum absolute atomic E-state index is 11.5. The molecule has 12 heteroatoms. The number of carboxylic acid groups (broad SMARTS) is 2. The van der Waals surface area contributed by atoms with Crippen molar-refractivity contribution in [3.8, 4) is 0 Å². The van der Waals surface area contributed by atoms with Gasteiger partial charge in [-0.1, -0.05) is 25.3 Å². The number of aromatic amines is 2. The molecular formula is C34H34Cl3CoN4O4. The molecule has 0 saturated carbocycles. The van der Waals surface area contributed by atoms with E-state index in [0.29, 0.717) is 18.5 Å². The van der Waals surface area contributed by atoms with Gasteiger partial charge in [0.25, 0.3) is 0 Å². The Morgan fingerprint density at radius 3 is 1.80 bits per heavy atom. The van der Waals surface area contributed by atoms with Crippen LogP contribution in [0.3, 0.4) is 0 Å². The summed E-state index contributed by atoms with van der Waals surface area (Å²) < 4.78 is 0. The fourth-order valence-electron chi connectivity index (χ4n) is 5.77. The van der Waals surface area contributed by atoms with E-state index in [2.05, 4.69) is 23.1 Å². The first-order chi connectivity index (χ1) is 20.0. The summed E-state index contributed by atoms with van der Waals surface area (Å²) in [5, 5.41) is 18.9. The van der Waals surface area contributed by atoms with E-state index in [4.69, 9.17) is 9.97 Å². The van der Waals surface area contributed by atoms with Crippen molar-refractivity contribution < 1.29 is 73.8 Å². The van der Waals surface area contributed by atoms with Gasteiger partial charge < -0.3 is 57.4 Å². The molecule has 0 aromatic carbocycles. The molecule has 5 rings (SSSR count). The predicted octanol–water partition coefficient (Wildman–Crippen LogP) is -1.49. The minimum absolute atomic E-state index is 0. The van der Waals surface area contributed by atoms with E-state index >= 15 is 0 Å². The number of aliphatic carboxylic acids is 2. The minimum atomic E-state index is -0.883. The number of nitrogens with zero attached hydrogens (tertiary/aromatic N) is 2. The van der Waals surface area contributed by atoms with Crippen LogP contribution in [-0.4, -0.2) is 42.1 Å². The topological polar surface area (TPSA) is 132 Å². The van der Waals surface area contributed by atoms with Gasteiger partial charge in [0, 0.05) is 46.0 Å². The van der Waals surface area contributed by atoms with Crippen molar-refractivity contribution in [3.05, 3.63) is 88.5 Å². The number of hydrogen-bond acceptors (Lipinski definition) is 4. The molecule has 0 aliphatic carbocycles. The summed E-state index contributed by atoms with van der Waals surface area (Å²) in [6.45, 7) is 16.0. The Morgan fingerprint density at radius 2 is 1.20 bits per heavy atom. The van der Waals surface area contributed by atoms with Crippen LogP contribution in [0.4, 0.5) is 0 Å². The maximum Gasteiger partial charge on any atom is 3.00 e. The number of nitrogens with one attached hydrogen (secondary N) is 2. The van der Waals surface area contributed by atoms with Crippen molar-refractivity contribution in [2.75, 3.05) is 0 Å². The van der Waals surface area contributed by atoms with E-state index in [1.165, 1.54) is 0 Å². The number of rotatable bonds is 8. The van der Waals surface area contributed by atoms with Gasteiger partial charge >= 0.3 is 28.7 Å². The quantitative estimate of drug-likeness (QED) is 0.224. The molecule has 46 heavy (non-hydrogen) atoms. The Hall–Kier alpha value is -3.60. The summed E-state index contributed by atoms with van der Waals surface area (Å²) in [5.41, 5.74) is 13.7. The van der Waals surface area contributed by atoms with Crippen LogP contribution in [0.2, 0.25) is 0 Å². The standard InChI is InChI=1S/C34H34N4O4.3ClH.Co/c1-7-21-17(3)25-13-26-19(5)23(9-11-33(39)40)31(37-26)16-32-24(10-12-34(41)42)20(6)28(38-32)15-30-22(8-2)18(4)27(36-30)14-29(21)35-25;;;;/h7-8,13-16,35,38H,1-2,9-12H2,3-6H3,(H,39,40)(H,41,42);3*1H;/q;;;;+3/p-3. The van der Waals surface area contributed by atoms with Crippen LogP contribution in [0.25, 0.3) is 50.4 Å². The molecule has 8 nitrogen and oxygen atoms in total. The van der Waals surface area contributed by atoms with E-state index in [1.807, 2.05) is 58.0 Å².